The van der Waals surface area contributed by atoms with Crippen LogP contribution in [0.3, 0.4) is 0 Å². The van der Waals surface area contributed by atoms with Gasteiger partial charge in [0.1, 0.15) is 10.8 Å². The topological polar surface area (TPSA) is 63.1 Å². The molecule has 0 unspecified atom stereocenters. The molecule has 1 N–H and O–H groups in total. The quantitative estimate of drug-likeness (QED) is 0.934. The third kappa shape index (κ3) is 3.08. The number of carboxylic acids is 1. The van der Waals surface area contributed by atoms with Crippen molar-refractivity contribution in [3.63, 3.8) is 0 Å². The van der Waals surface area contributed by atoms with Crippen LogP contribution in [0.5, 0.6) is 0 Å². The van der Waals surface area contributed by atoms with Gasteiger partial charge in [-0.1, -0.05) is 11.8 Å². The smallest absolute Gasteiger partial charge is 0.338 e. The number of aromatic nitrogens is 2. The maximum atomic E-state index is 13.3. The Balaban J connectivity index is 2.30. The van der Waals surface area contributed by atoms with Gasteiger partial charge in [-0.25, -0.2) is 14.2 Å². The molecule has 0 aliphatic carbocycles. The van der Waals surface area contributed by atoms with Gasteiger partial charge in [-0.05, 0) is 32.0 Å². The zero-order valence-corrected chi connectivity index (χ0v) is 11.2. The van der Waals surface area contributed by atoms with Crippen LogP contribution in [-0.2, 0) is 0 Å². The second-order valence-corrected chi connectivity index (χ2v) is 5.02. The summed E-state index contributed by atoms with van der Waals surface area (Å²) in [7, 11) is 0. The number of rotatable bonds is 3. The number of carboxylic acid groups (broad SMARTS) is 1. The molecule has 0 saturated heterocycles. The number of nitrogens with zero attached hydrogens (tertiary/aromatic N) is 2. The zero-order valence-electron chi connectivity index (χ0n) is 10.3. The third-order valence-electron chi connectivity index (χ3n) is 2.56. The van der Waals surface area contributed by atoms with E-state index in [9.17, 15) is 9.18 Å². The second kappa shape index (κ2) is 5.36. The van der Waals surface area contributed by atoms with E-state index < -0.39 is 11.8 Å². The largest absolute Gasteiger partial charge is 0.478 e. The molecule has 0 fully saturated rings. The SMILES string of the molecule is Cc1ncc(Sc2ccc(F)c(C(=O)O)c2)nc1C. The molecule has 0 atom stereocenters. The molecule has 0 amide bonds. The number of benzene rings is 1. The van der Waals surface area contributed by atoms with Crippen LogP contribution in [0.1, 0.15) is 21.7 Å². The Labute approximate surface area is 113 Å². The Hall–Kier alpha value is -1.95. The normalized spacial score (nSPS) is 10.5. The summed E-state index contributed by atoms with van der Waals surface area (Å²) in [5.74, 6) is -2.03. The van der Waals surface area contributed by atoms with Gasteiger partial charge in [0.25, 0.3) is 0 Å². The van der Waals surface area contributed by atoms with E-state index in [0.717, 1.165) is 17.5 Å². The van der Waals surface area contributed by atoms with E-state index in [1.807, 2.05) is 13.8 Å². The molecule has 1 heterocycles. The van der Waals surface area contributed by atoms with Crippen molar-refractivity contribution in [3.8, 4) is 0 Å². The van der Waals surface area contributed by atoms with Gasteiger partial charge >= 0.3 is 5.97 Å². The fraction of sp³-hybridized carbons (Fsp3) is 0.154. The van der Waals surface area contributed by atoms with Gasteiger partial charge in [0.15, 0.2) is 0 Å². The van der Waals surface area contributed by atoms with Gasteiger partial charge in [-0.2, -0.15) is 0 Å². The lowest BCUT2D eigenvalue weighted by Crippen LogP contribution is -2.00. The first-order chi connectivity index (χ1) is 8.97. The van der Waals surface area contributed by atoms with Crippen LogP contribution < -0.4 is 0 Å². The average Bonchev–Trinajstić information content (AvgIpc) is 2.36. The van der Waals surface area contributed by atoms with Crippen LogP contribution in [0, 0.1) is 19.7 Å². The van der Waals surface area contributed by atoms with Crippen LogP contribution in [0.4, 0.5) is 4.39 Å². The summed E-state index contributed by atoms with van der Waals surface area (Å²) in [6.45, 7) is 3.71. The molecular weight excluding hydrogens is 267 g/mol. The van der Waals surface area contributed by atoms with Crippen molar-refractivity contribution in [1.29, 1.82) is 0 Å². The number of aromatic carboxylic acids is 1. The van der Waals surface area contributed by atoms with Crippen molar-refractivity contribution in [3.05, 3.63) is 47.2 Å². The fourth-order valence-corrected chi connectivity index (χ4v) is 2.26. The molecule has 19 heavy (non-hydrogen) atoms. The lowest BCUT2D eigenvalue weighted by atomic mass is 10.2. The third-order valence-corrected chi connectivity index (χ3v) is 3.46. The molecule has 0 saturated carbocycles. The molecule has 1 aromatic heterocycles. The monoisotopic (exact) mass is 278 g/mol. The predicted molar refractivity (Wildman–Crippen MR) is 69.0 cm³/mol. The van der Waals surface area contributed by atoms with Gasteiger partial charge in [0.2, 0.25) is 0 Å². The van der Waals surface area contributed by atoms with Gasteiger partial charge < -0.3 is 5.11 Å². The van der Waals surface area contributed by atoms with Crippen molar-refractivity contribution in [2.24, 2.45) is 0 Å². The highest BCUT2D eigenvalue weighted by atomic mass is 32.2. The summed E-state index contributed by atoms with van der Waals surface area (Å²) in [6, 6.07) is 3.95. The molecule has 0 aliphatic heterocycles. The molecule has 1 aromatic carbocycles. The zero-order chi connectivity index (χ0) is 14.0. The Kier molecular flexibility index (Phi) is 3.80. The summed E-state index contributed by atoms with van der Waals surface area (Å²) in [5.41, 5.74) is 1.31. The molecule has 4 nitrogen and oxygen atoms in total. The summed E-state index contributed by atoms with van der Waals surface area (Å²) in [4.78, 5) is 20.0. The lowest BCUT2D eigenvalue weighted by Gasteiger charge is -2.05. The van der Waals surface area contributed by atoms with Crippen molar-refractivity contribution in [2.75, 3.05) is 0 Å². The molecule has 0 radical (unpaired) electrons. The van der Waals surface area contributed by atoms with Gasteiger partial charge in [0.05, 0.1) is 23.1 Å². The Morgan fingerprint density at radius 2 is 2.05 bits per heavy atom. The highest BCUT2D eigenvalue weighted by Gasteiger charge is 2.12. The Bertz CT molecular complexity index is 647. The molecule has 98 valence electrons. The van der Waals surface area contributed by atoms with Crippen molar-refractivity contribution in [2.45, 2.75) is 23.8 Å². The highest BCUT2D eigenvalue weighted by Crippen LogP contribution is 2.27. The van der Waals surface area contributed by atoms with Crippen LogP contribution in [0.15, 0.2) is 34.3 Å². The first kappa shape index (κ1) is 13.5. The minimum atomic E-state index is -1.29. The number of halogens is 1. The molecule has 0 spiro atoms. The van der Waals surface area contributed by atoms with Crippen molar-refractivity contribution < 1.29 is 14.3 Å². The van der Waals surface area contributed by atoms with Gasteiger partial charge in [0, 0.05) is 4.90 Å². The van der Waals surface area contributed by atoms with Crippen molar-refractivity contribution >= 4 is 17.7 Å². The number of carbonyl (C=O) groups is 1. The van der Waals surface area contributed by atoms with Gasteiger partial charge in [-0.3, -0.25) is 4.98 Å². The predicted octanol–water partition coefficient (Wildman–Crippen LogP) is 3.08. The van der Waals surface area contributed by atoms with Gasteiger partial charge in [-0.15, -0.1) is 0 Å². The van der Waals surface area contributed by atoms with E-state index >= 15 is 0 Å². The molecule has 0 bridgehead atoms. The van der Waals surface area contributed by atoms with E-state index in [0.29, 0.717) is 9.92 Å². The summed E-state index contributed by atoms with van der Waals surface area (Å²) in [6.07, 6.45) is 1.61. The van der Waals surface area contributed by atoms with Crippen LogP contribution in [-0.4, -0.2) is 21.0 Å². The van der Waals surface area contributed by atoms with Crippen LogP contribution in [0.2, 0.25) is 0 Å². The summed E-state index contributed by atoms with van der Waals surface area (Å²) >= 11 is 1.25. The summed E-state index contributed by atoms with van der Waals surface area (Å²) < 4.78 is 13.3. The van der Waals surface area contributed by atoms with E-state index in [4.69, 9.17) is 5.11 Å². The maximum absolute atomic E-state index is 13.3. The molecule has 2 aromatic rings. The first-order valence-electron chi connectivity index (χ1n) is 5.48. The molecular formula is C13H11FN2O2S. The molecule has 0 aliphatic rings. The minimum absolute atomic E-state index is 0.346. The van der Waals surface area contributed by atoms with Crippen LogP contribution >= 0.6 is 11.8 Å². The summed E-state index contributed by atoms with van der Waals surface area (Å²) in [5, 5.41) is 9.50. The van der Waals surface area contributed by atoms with Crippen LogP contribution in [0.25, 0.3) is 0 Å². The number of aryl methyl sites for hydroxylation is 2. The molecule has 6 heteroatoms. The minimum Gasteiger partial charge on any atom is -0.478 e. The second-order valence-electron chi connectivity index (χ2n) is 3.93. The Morgan fingerprint density at radius 1 is 1.32 bits per heavy atom. The van der Waals surface area contributed by atoms with E-state index in [1.54, 1.807) is 6.20 Å². The van der Waals surface area contributed by atoms with Crippen molar-refractivity contribution in [1.82, 2.24) is 9.97 Å². The maximum Gasteiger partial charge on any atom is 0.338 e. The van der Waals surface area contributed by atoms with E-state index in [1.165, 1.54) is 23.9 Å². The first-order valence-corrected chi connectivity index (χ1v) is 6.30. The highest BCUT2D eigenvalue weighted by molar-refractivity contribution is 7.99. The number of hydrogen-bond donors (Lipinski definition) is 1. The lowest BCUT2D eigenvalue weighted by molar-refractivity contribution is 0.0691. The standard InChI is InChI=1S/C13H11FN2O2S/c1-7-8(2)16-12(6-15-7)19-9-3-4-11(14)10(5-9)13(17)18/h3-6H,1-2H3,(H,17,18). The Morgan fingerprint density at radius 3 is 2.68 bits per heavy atom. The number of hydrogen-bond acceptors (Lipinski definition) is 4. The van der Waals surface area contributed by atoms with E-state index in [2.05, 4.69) is 9.97 Å². The fourth-order valence-electron chi connectivity index (χ4n) is 1.42. The van der Waals surface area contributed by atoms with E-state index in [-0.39, 0.29) is 5.56 Å². The molecule has 2 rings (SSSR count). The average molecular weight is 278 g/mol.